The highest BCUT2D eigenvalue weighted by atomic mass is 19.1. The van der Waals surface area contributed by atoms with Gasteiger partial charge in [0.15, 0.2) is 12.4 Å². The van der Waals surface area contributed by atoms with Crippen molar-refractivity contribution in [3.05, 3.63) is 41.5 Å². The first kappa shape index (κ1) is 20.5. The van der Waals surface area contributed by atoms with Gasteiger partial charge in [-0.3, -0.25) is 4.79 Å². The molecule has 146 valence electrons. The molecule has 1 atom stereocenters. The minimum Gasteiger partial charge on any atom is -0.456 e. The fraction of sp³-hybridized carbons (Fsp3) is 0.500. The van der Waals surface area contributed by atoms with Crippen molar-refractivity contribution in [3.63, 3.8) is 0 Å². The molecule has 0 aliphatic heterocycles. The predicted octanol–water partition coefficient (Wildman–Crippen LogP) is 2.11. The number of ether oxygens (including phenoxy) is 1. The van der Waals surface area contributed by atoms with Crippen molar-refractivity contribution in [3.8, 4) is 0 Å². The number of tetrazole rings is 1. The van der Waals surface area contributed by atoms with E-state index in [1.807, 2.05) is 0 Å². The zero-order chi connectivity index (χ0) is 19.8. The van der Waals surface area contributed by atoms with Gasteiger partial charge in [-0.25, -0.2) is 13.9 Å². The van der Waals surface area contributed by atoms with Gasteiger partial charge >= 0.3 is 5.97 Å². The third-order valence-electron chi connectivity index (χ3n) is 4.00. The Morgan fingerprint density at radius 2 is 2.04 bits per heavy atom. The summed E-state index contributed by atoms with van der Waals surface area (Å²) in [4.78, 5) is 24.7. The molecule has 8 nitrogen and oxygen atoms in total. The summed E-state index contributed by atoms with van der Waals surface area (Å²) in [5, 5.41) is 13.8. The second-order valence-electron chi connectivity index (χ2n) is 6.45. The number of nitrogens with one attached hydrogen (secondary N) is 1. The minimum absolute atomic E-state index is 0.103. The molecule has 0 aliphatic rings. The molecule has 0 radical (unpaired) electrons. The normalized spacial score (nSPS) is 12.0. The lowest BCUT2D eigenvalue weighted by atomic mass is 10.0. The van der Waals surface area contributed by atoms with Gasteiger partial charge in [0.25, 0.3) is 5.91 Å². The molecule has 9 heteroatoms. The maximum Gasteiger partial charge on any atom is 0.329 e. The number of unbranched alkanes of at least 4 members (excludes halogenated alkanes) is 1. The summed E-state index contributed by atoms with van der Waals surface area (Å²) >= 11 is 0. The van der Waals surface area contributed by atoms with Crippen LogP contribution in [0, 0.1) is 11.7 Å². The number of carbonyl (C=O) groups is 2. The molecule has 1 unspecified atom stereocenters. The number of aryl methyl sites for hydroxylation is 1. The Morgan fingerprint density at radius 3 is 2.70 bits per heavy atom. The number of nitrogens with zero attached hydrogens (tertiary/aromatic N) is 4. The van der Waals surface area contributed by atoms with Crippen LogP contribution in [-0.2, 0) is 22.7 Å². The fourth-order valence-corrected chi connectivity index (χ4v) is 2.40. The SMILES string of the molecule is CCCCn1nnnc1COC(=O)C(NC(=O)c1ccccc1F)C(C)C. The Balaban J connectivity index is 2.00. The van der Waals surface area contributed by atoms with E-state index >= 15 is 0 Å². The molecular weight excluding hydrogens is 353 g/mol. The van der Waals surface area contributed by atoms with Crippen molar-refractivity contribution in [2.75, 3.05) is 0 Å². The maximum absolute atomic E-state index is 13.8. The summed E-state index contributed by atoms with van der Waals surface area (Å²) in [7, 11) is 0. The van der Waals surface area contributed by atoms with Gasteiger partial charge in [0.2, 0.25) is 0 Å². The van der Waals surface area contributed by atoms with E-state index < -0.39 is 23.7 Å². The number of rotatable bonds is 9. The summed E-state index contributed by atoms with van der Waals surface area (Å²) in [6.07, 6.45) is 1.88. The second-order valence-corrected chi connectivity index (χ2v) is 6.45. The van der Waals surface area contributed by atoms with Gasteiger partial charge in [-0.05, 0) is 34.9 Å². The van der Waals surface area contributed by atoms with Gasteiger partial charge in [0.1, 0.15) is 11.9 Å². The Kier molecular flexibility index (Phi) is 7.39. The Labute approximate surface area is 157 Å². The van der Waals surface area contributed by atoms with Crippen LogP contribution in [0.4, 0.5) is 4.39 Å². The van der Waals surface area contributed by atoms with E-state index in [2.05, 4.69) is 27.8 Å². The quantitative estimate of drug-likeness (QED) is 0.672. The fourth-order valence-electron chi connectivity index (χ4n) is 2.40. The zero-order valence-corrected chi connectivity index (χ0v) is 15.7. The predicted molar refractivity (Wildman–Crippen MR) is 95.0 cm³/mol. The Bertz CT molecular complexity index is 778. The second kappa shape index (κ2) is 9.75. The molecule has 2 aromatic rings. The summed E-state index contributed by atoms with van der Waals surface area (Å²) in [5.41, 5.74) is -0.126. The molecule has 0 saturated heterocycles. The van der Waals surface area contributed by atoms with Crippen LogP contribution in [0.1, 0.15) is 49.8 Å². The van der Waals surface area contributed by atoms with Crippen molar-refractivity contribution in [1.82, 2.24) is 25.5 Å². The van der Waals surface area contributed by atoms with Crippen LogP contribution < -0.4 is 5.32 Å². The maximum atomic E-state index is 13.8. The number of benzene rings is 1. The van der Waals surface area contributed by atoms with Crippen LogP contribution >= 0.6 is 0 Å². The Morgan fingerprint density at radius 1 is 1.30 bits per heavy atom. The molecule has 27 heavy (non-hydrogen) atoms. The lowest BCUT2D eigenvalue weighted by Gasteiger charge is -2.21. The Hall–Kier alpha value is -2.84. The molecule has 1 amide bonds. The molecule has 0 fully saturated rings. The highest BCUT2D eigenvalue weighted by Gasteiger charge is 2.27. The van der Waals surface area contributed by atoms with E-state index in [4.69, 9.17) is 4.74 Å². The minimum atomic E-state index is -0.919. The standard InChI is InChI=1S/C18H24FN5O3/c1-4-5-10-24-15(21-22-23-24)11-27-18(26)16(12(2)3)20-17(25)13-8-6-7-9-14(13)19/h6-9,12,16H,4-5,10-11H2,1-3H3,(H,20,25). The third kappa shape index (κ3) is 5.57. The molecule has 0 bridgehead atoms. The van der Waals surface area contributed by atoms with Gasteiger partial charge in [-0.15, -0.1) is 5.10 Å². The largest absolute Gasteiger partial charge is 0.456 e. The van der Waals surface area contributed by atoms with Crippen LogP contribution in [0.3, 0.4) is 0 Å². The van der Waals surface area contributed by atoms with Crippen molar-refractivity contribution < 1.29 is 18.7 Å². The number of amides is 1. The van der Waals surface area contributed by atoms with E-state index in [1.54, 1.807) is 24.6 Å². The van der Waals surface area contributed by atoms with E-state index in [0.717, 1.165) is 12.8 Å². The summed E-state index contributed by atoms with van der Waals surface area (Å²) in [6.45, 7) is 6.11. The van der Waals surface area contributed by atoms with E-state index in [-0.39, 0.29) is 18.1 Å². The molecule has 2 rings (SSSR count). The topological polar surface area (TPSA) is 99.0 Å². The molecule has 1 N–H and O–H groups in total. The third-order valence-corrected chi connectivity index (χ3v) is 4.00. The number of carbonyl (C=O) groups excluding carboxylic acids is 2. The van der Waals surface area contributed by atoms with Crippen molar-refractivity contribution in [1.29, 1.82) is 0 Å². The van der Waals surface area contributed by atoms with Gasteiger partial charge in [0.05, 0.1) is 5.56 Å². The summed E-state index contributed by atoms with van der Waals surface area (Å²) in [6, 6.07) is 4.67. The highest BCUT2D eigenvalue weighted by molar-refractivity contribution is 5.97. The molecule has 1 aromatic heterocycles. The molecule has 0 saturated carbocycles. The first-order chi connectivity index (χ1) is 12.9. The van der Waals surface area contributed by atoms with Gasteiger partial charge in [-0.2, -0.15) is 0 Å². The molecular formula is C18H24FN5O3. The lowest BCUT2D eigenvalue weighted by molar-refractivity contribution is -0.148. The van der Waals surface area contributed by atoms with Crippen molar-refractivity contribution >= 4 is 11.9 Å². The van der Waals surface area contributed by atoms with E-state index in [1.165, 1.54) is 18.2 Å². The molecule has 1 aromatic carbocycles. The molecule has 1 heterocycles. The van der Waals surface area contributed by atoms with Crippen molar-refractivity contribution in [2.45, 2.75) is 52.8 Å². The first-order valence-corrected chi connectivity index (χ1v) is 8.91. The van der Waals surface area contributed by atoms with Gasteiger partial charge in [-0.1, -0.05) is 39.3 Å². The number of aromatic nitrogens is 4. The van der Waals surface area contributed by atoms with E-state index in [0.29, 0.717) is 12.4 Å². The number of hydrogen-bond acceptors (Lipinski definition) is 6. The number of halogens is 1. The zero-order valence-electron chi connectivity index (χ0n) is 15.7. The average molecular weight is 377 g/mol. The molecule has 0 spiro atoms. The van der Waals surface area contributed by atoms with Crippen molar-refractivity contribution in [2.24, 2.45) is 5.92 Å². The average Bonchev–Trinajstić information content (AvgIpc) is 3.09. The van der Waals surface area contributed by atoms with Crippen LogP contribution in [0.15, 0.2) is 24.3 Å². The van der Waals surface area contributed by atoms with Gasteiger partial charge in [0, 0.05) is 6.54 Å². The molecule has 0 aliphatic carbocycles. The smallest absolute Gasteiger partial charge is 0.329 e. The van der Waals surface area contributed by atoms with Gasteiger partial charge < -0.3 is 10.1 Å². The van der Waals surface area contributed by atoms with Crippen LogP contribution in [0.25, 0.3) is 0 Å². The van der Waals surface area contributed by atoms with Crippen LogP contribution in [-0.4, -0.2) is 38.1 Å². The number of esters is 1. The first-order valence-electron chi connectivity index (χ1n) is 8.91. The number of hydrogen-bond donors (Lipinski definition) is 1. The summed E-state index contributed by atoms with van der Waals surface area (Å²) in [5.74, 6) is -1.76. The monoisotopic (exact) mass is 377 g/mol. The highest BCUT2D eigenvalue weighted by Crippen LogP contribution is 2.10. The van der Waals surface area contributed by atoms with Crippen LogP contribution in [0.5, 0.6) is 0 Å². The van der Waals surface area contributed by atoms with Crippen LogP contribution in [0.2, 0.25) is 0 Å². The van der Waals surface area contributed by atoms with E-state index in [9.17, 15) is 14.0 Å². The summed E-state index contributed by atoms with van der Waals surface area (Å²) < 4.78 is 20.6. The lowest BCUT2D eigenvalue weighted by Crippen LogP contribution is -2.45.